The van der Waals surface area contributed by atoms with E-state index in [1.54, 1.807) is 0 Å². The van der Waals surface area contributed by atoms with Crippen LogP contribution >= 0.6 is 0 Å². The fourth-order valence-corrected chi connectivity index (χ4v) is 1.83. The molecule has 1 aromatic heterocycles. The molecule has 1 aromatic rings. The van der Waals surface area contributed by atoms with Crippen molar-refractivity contribution in [2.24, 2.45) is 0 Å². The van der Waals surface area contributed by atoms with E-state index in [1.165, 1.54) is 0 Å². The van der Waals surface area contributed by atoms with Gasteiger partial charge in [-0.05, 0) is 0 Å². The molecule has 1 atom stereocenters. The number of hydrogen-bond donors (Lipinski definition) is 2. The van der Waals surface area contributed by atoms with Crippen molar-refractivity contribution in [3.8, 4) is 0 Å². The van der Waals surface area contributed by atoms with E-state index in [-0.39, 0.29) is 12.6 Å². The van der Waals surface area contributed by atoms with Crippen LogP contribution < -0.4 is 5.32 Å². The summed E-state index contributed by atoms with van der Waals surface area (Å²) in [6, 6.07) is 0.387. The largest absolute Gasteiger partial charge is 0.395 e. The number of rotatable bonds is 7. The zero-order chi connectivity index (χ0) is 12.8. The molecule has 0 aromatic carbocycles. The summed E-state index contributed by atoms with van der Waals surface area (Å²) in [4.78, 5) is 4.46. The maximum absolute atomic E-state index is 9.34. The highest BCUT2D eigenvalue weighted by molar-refractivity contribution is 4.93. The van der Waals surface area contributed by atoms with Gasteiger partial charge in [-0.1, -0.05) is 27.7 Å². The number of aryl methyl sites for hydroxylation is 2. The lowest BCUT2D eigenvalue weighted by Crippen LogP contribution is -2.41. The minimum absolute atomic E-state index is 0.0340. The molecule has 5 heteroatoms. The summed E-state index contributed by atoms with van der Waals surface area (Å²) in [6.45, 7) is 9.05. The zero-order valence-electron chi connectivity index (χ0n) is 11.3. The molecule has 0 saturated carbocycles. The van der Waals surface area contributed by atoms with Gasteiger partial charge in [0.05, 0.1) is 19.2 Å². The molecule has 0 saturated heterocycles. The Morgan fingerprint density at radius 1 is 1.29 bits per heavy atom. The molecule has 17 heavy (non-hydrogen) atoms. The molecule has 0 amide bonds. The Hall–Kier alpha value is -0.940. The van der Waals surface area contributed by atoms with Crippen LogP contribution in [0.5, 0.6) is 0 Å². The van der Waals surface area contributed by atoms with Crippen LogP contribution in [0, 0.1) is 0 Å². The van der Waals surface area contributed by atoms with Gasteiger partial charge in [-0.25, -0.2) is 9.67 Å². The molecule has 5 nitrogen and oxygen atoms in total. The third-order valence-corrected chi connectivity index (χ3v) is 2.61. The predicted octanol–water partition coefficient (Wildman–Crippen LogP) is 0.762. The van der Waals surface area contributed by atoms with Crippen LogP contribution in [0.1, 0.15) is 39.3 Å². The van der Waals surface area contributed by atoms with Gasteiger partial charge in [0.1, 0.15) is 5.82 Å². The molecule has 0 bridgehead atoms. The van der Waals surface area contributed by atoms with Crippen LogP contribution in [0.25, 0.3) is 0 Å². The molecule has 0 radical (unpaired) electrons. The molecule has 0 fully saturated rings. The number of aromatic nitrogens is 3. The molecule has 2 N–H and O–H groups in total. The normalized spacial score (nSPS) is 13.3. The highest BCUT2D eigenvalue weighted by atomic mass is 16.3. The monoisotopic (exact) mass is 240 g/mol. The fraction of sp³-hybridized carbons (Fsp3) is 0.833. The first-order valence-electron chi connectivity index (χ1n) is 6.40. The first-order chi connectivity index (χ1) is 8.10. The first-order valence-corrected chi connectivity index (χ1v) is 6.40. The Kier molecular flexibility index (Phi) is 5.58. The van der Waals surface area contributed by atoms with Gasteiger partial charge in [0.2, 0.25) is 0 Å². The summed E-state index contributed by atoms with van der Waals surface area (Å²) in [5.74, 6) is 1.87. The first kappa shape index (κ1) is 14.1. The van der Waals surface area contributed by atoms with Crippen LogP contribution in [0.15, 0.2) is 0 Å². The van der Waals surface area contributed by atoms with Gasteiger partial charge in [-0.2, -0.15) is 5.10 Å². The topological polar surface area (TPSA) is 63.0 Å². The van der Waals surface area contributed by atoms with Gasteiger partial charge in [0.15, 0.2) is 5.82 Å². The maximum atomic E-state index is 9.34. The Morgan fingerprint density at radius 3 is 2.47 bits per heavy atom. The fourth-order valence-electron chi connectivity index (χ4n) is 1.83. The zero-order valence-corrected chi connectivity index (χ0v) is 11.3. The predicted molar refractivity (Wildman–Crippen MR) is 67.9 cm³/mol. The SMILES string of the molecule is CCc1nc(CC)n(CC(CO)NC(C)C)n1. The maximum Gasteiger partial charge on any atom is 0.150 e. The van der Waals surface area contributed by atoms with Gasteiger partial charge >= 0.3 is 0 Å². The van der Waals surface area contributed by atoms with E-state index < -0.39 is 0 Å². The molecule has 1 heterocycles. The summed E-state index contributed by atoms with van der Waals surface area (Å²) in [5.41, 5.74) is 0. The van der Waals surface area contributed by atoms with Gasteiger partial charge in [-0.3, -0.25) is 0 Å². The van der Waals surface area contributed by atoms with E-state index in [4.69, 9.17) is 0 Å². The van der Waals surface area contributed by atoms with Gasteiger partial charge in [-0.15, -0.1) is 0 Å². The van der Waals surface area contributed by atoms with Crippen molar-refractivity contribution in [1.82, 2.24) is 20.1 Å². The number of nitrogens with one attached hydrogen (secondary N) is 1. The third kappa shape index (κ3) is 4.09. The third-order valence-electron chi connectivity index (χ3n) is 2.61. The van der Waals surface area contributed by atoms with E-state index >= 15 is 0 Å². The minimum Gasteiger partial charge on any atom is -0.395 e. The number of aliphatic hydroxyl groups is 1. The van der Waals surface area contributed by atoms with Crippen molar-refractivity contribution in [2.75, 3.05) is 6.61 Å². The van der Waals surface area contributed by atoms with Crippen molar-refractivity contribution in [3.05, 3.63) is 11.6 Å². The summed E-state index contributed by atoms with van der Waals surface area (Å²) < 4.78 is 1.91. The summed E-state index contributed by atoms with van der Waals surface area (Å²) in [7, 11) is 0. The van der Waals surface area contributed by atoms with E-state index in [1.807, 2.05) is 4.68 Å². The van der Waals surface area contributed by atoms with Crippen molar-refractivity contribution in [2.45, 2.75) is 59.2 Å². The average Bonchev–Trinajstić information content (AvgIpc) is 2.69. The number of nitrogens with zero attached hydrogens (tertiary/aromatic N) is 3. The second kappa shape index (κ2) is 6.71. The molecular weight excluding hydrogens is 216 g/mol. The van der Waals surface area contributed by atoms with Crippen LogP contribution in [-0.4, -0.2) is 38.6 Å². The highest BCUT2D eigenvalue weighted by Crippen LogP contribution is 2.03. The van der Waals surface area contributed by atoms with Gasteiger partial charge in [0, 0.05) is 18.9 Å². The second-order valence-corrected chi connectivity index (χ2v) is 4.53. The van der Waals surface area contributed by atoms with E-state index in [9.17, 15) is 5.11 Å². The highest BCUT2D eigenvalue weighted by Gasteiger charge is 2.13. The molecule has 1 unspecified atom stereocenters. The van der Waals surface area contributed by atoms with Crippen LogP contribution in [0.4, 0.5) is 0 Å². The van der Waals surface area contributed by atoms with E-state index in [0.717, 1.165) is 24.5 Å². The Bertz CT molecular complexity index is 335. The van der Waals surface area contributed by atoms with E-state index in [0.29, 0.717) is 12.6 Å². The number of hydrogen-bond acceptors (Lipinski definition) is 4. The lowest BCUT2D eigenvalue weighted by molar-refractivity contribution is 0.216. The average molecular weight is 240 g/mol. The summed E-state index contributed by atoms with van der Waals surface area (Å²) in [5, 5.41) is 17.1. The van der Waals surface area contributed by atoms with Crippen molar-refractivity contribution < 1.29 is 5.11 Å². The smallest absolute Gasteiger partial charge is 0.150 e. The van der Waals surface area contributed by atoms with Crippen molar-refractivity contribution in [3.63, 3.8) is 0 Å². The van der Waals surface area contributed by atoms with Crippen LogP contribution in [-0.2, 0) is 19.4 Å². The quantitative estimate of drug-likeness (QED) is 0.738. The van der Waals surface area contributed by atoms with Gasteiger partial charge < -0.3 is 10.4 Å². The van der Waals surface area contributed by atoms with Crippen molar-refractivity contribution >= 4 is 0 Å². The Balaban J connectivity index is 2.73. The number of aliphatic hydroxyl groups excluding tert-OH is 1. The molecule has 0 aliphatic rings. The Labute approximate surface area is 103 Å². The van der Waals surface area contributed by atoms with E-state index in [2.05, 4.69) is 43.1 Å². The molecular formula is C12H24N4O. The standard InChI is InChI=1S/C12H24N4O/c1-5-11-14-12(6-2)16(15-11)7-10(8-17)13-9(3)4/h9-10,13,17H,5-8H2,1-4H3. The minimum atomic E-state index is 0.0340. The van der Waals surface area contributed by atoms with Crippen molar-refractivity contribution in [1.29, 1.82) is 0 Å². The second-order valence-electron chi connectivity index (χ2n) is 4.53. The summed E-state index contributed by atoms with van der Waals surface area (Å²) in [6.07, 6.45) is 1.72. The molecule has 0 spiro atoms. The lowest BCUT2D eigenvalue weighted by Gasteiger charge is -2.19. The van der Waals surface area contributed by atoms with Crippen LogP contribution in [0.3, 0.4) is 0 Å². The molecule has 0 aliphatic carbocycles. The molecule has 1 rings (SSSR count). The van der Waals surface area contributed by atoms with Gasteiger partial charge in [0.25, 0.3) is 0 Å². The molecule has 0 aliphatic heterocycles. The lowest BCUT2D eigenvalue weighted by atomic mass is 10.2. The Morgan fingerprint density at radius 2 is 2.00 bits per heavy atom. The van der Waals surface area contributed by atoms with Crippen LogP contribution in [0.2, 0.25) is 0 Å². The molecule has 98 valence electrons. The summed E-state index contributed by atoms with van der Waals surface area (Å²) >= 11 is 0.